The fourth-order valence-corrected chi connectivity index (χ4v) is 3.66. The highest BCUT2D eigenvalue weighted by Crippen LogP contribution is 2.38. The first kappa shape index (κ1) is 22.6. The van der Waals surface area contributed by atoms with Gasteiger partial charge in [-0.1, -0.05) is 0 Å². The maximum atomic E-state index is 14.9. The summed E-state index contributed by atoms with van der Waals surface area (Å²) in [5.74, 6) is -0.746. The predicted molar refractivity (Wildman–Crippen MR) is 107 cm³/mol. The van der Waals surface area contributed by atoms with Crippen LogP contribution in [0, 0.1) is 0 Å². The van der Waals surface area contributed by atoms with Gasteiger partial charge in [-0.25, -0.2) is 18.7 Å². The number of hydrogen-bond donors (Lipinski definition) is 3. The highest BCUT2D eigenvalue weighted by molar-refractivity contribution is 5.72. The minimum atomic E-state index is -4.88. The van der Waals surface area contributed by atoms with E-state index >= 15 is 0 Å². The molecule has 1 saturated carbocycles. The Hall–Kier alpha value is -3.58. The van der Waals surface area contributed by atoms with E-state index in [0.717, 1.165) is 6.07 Å². The third-order valence-electron chi connectivity index (χ3n) is 5.00. The number of nitrogens with one attached hydrogen (secondary N) is 3. The second-order valence-electron chi connectivity index (χ2n) is 7.84. The average molecular weight is 471 g/mol. The van der Waals surface area contributed by atoms with E-state index in [1.807, 2.05) is 0 Å². The zero-order valence-electron chi connectivity index (χ0n) is 17.6. The molecule has 33 heavy (non-hydrogen) atoms. The summed E-state index contributed by atoms with van der Waals surface area (Å²) in [5.41, 5.74) is 0.706. The Balaban J connectivity index is 1.45. The number of H-pyrrole nitrogens is 1. The second kappa shape index (κ2) is 8.75. The fraction of sp³-hybridized carbons (Fsp3) is 0.474. The summed E-state index contributed by atoms with van der Waals surface area (Å²) in [6, 6.07) is 2.52. The normalized spacial score (nSPS) is 20.9. The van der Waals surface area contributed by atoms with Gasteiger partial charge in [-0.3, -0.25) is 5.10 Å². The number of ether oxygens (including phenoxy) is 2. The van der Waals surface area contributed by atoms with Gasteiger partial charge in [-0.15, -0.1) is 18.3 Å². The van der Waals surface area contributed by atoms with Crippen LogP contribution in [0.1, 0.15) is 38.3 Å². The zero-order chi connectivity index (χ0) is 23.8. The first-order valence-corrected chi connectivity index (χ1v) is 10.1. The van der Waals surface area contributed by atoms with E-state index in [-0.39, 0.29) is 23.2 Å². The maximum Gasteiger partial charge on any atom is 0.574 e. The molecule has 3 N–H and O–H groups in total. The Bertz CT molecular complexity index is 1130. The average Bonchev–Trinajstić information content (AvgIpc) is 3.40. The molecule has 0 saturated heterocycles. The first-order valence-electron chi connectivity index (χ1n) is 10.1. The highest BCUT2D eigenvalue weighted by Gasteiger charge is 2.41. The van der Waals surface area contributed by atoms with Gasteiger partial charge in [0.1, 0.15) is 17.8 Å². The standard InChI is InChI=1S/C19H21F4N7O3/c1-9(2)25-18(31)32-13-4-3-10(16(13)20)11-7-14(28-27-11)26-17-12-8-15(33-19(21,22)23)29-30(12)6-5-24-17/h5-10,13,16H,3-4H2,1-2H3,(H,25,31)(H2,24,26,27,28)/t10-,13-,16-/m1/s1. The largest absolute Gasteiger partial charge is 0.574 e. The number of fused-ring (bicyclic) bond motifs is 1. The van der Waals surface area contributed by atoms with Crippen molar-refractivity contribution in [2.45, 2.75) is 57.3 Å². The Morgan fingerprint density at radius 1 is 1.30 bits per heavy atom. The summed E-state index contributed by atoms with van der Waals surface area (Å²) >= 11 is 0. The summed E-state index contributed by atoms with van der Waals surface area (Å²) in [4.78, 5) is 15.9. The van der Waals surface area contributed by atoms with Crippen LogP contribution < -0.4 is 15.4 Å². The number of nitrogens with zero attached hydrogens (tertiary/aromatic N) is 4. The molecule has 3 atom stereocenters. The Kier molecular flexibility index (Phi) is 5.99. The van der Waals surface area contributed by atoms with Crippen LogP contribution in [0.3, 0.4) is 0 Å². The van der Waals surface area contributed by atoms with Gasteiger partial charge in [0, 0.05) is 42.2 Å². The number of alkyl carbamates (subject to hydrolysis) is 1. The molecule has 1 fully saturated rings. The molecule has 3 heterocycles. The van der Waals surface area contributed by atoms with Crippen LogP contribution in [0.15, 0.2) is 24.5 Å². The van der Waals surface area contributed by atoms with E-state index in [1.54, 1.807) is 19.9 Å². The molecule has 3 aromatic rings. The van der Waals surface area contributed by atoms with Crippen molar-refractivity contribution in [2.24, 2.45) is 0 Å². The van der Waals surface area contributed by atoms with Gasteiger partial charge in [0.05, 0.1) is 0 Å². The number of rotatable bonds is 6. The number of alkyl halides is 4. The van der Waals surface area contributed by atoms with Crippen LogP contribution in [-0.2, 0) is 4.74 Å². The van der Waals surface area contributed by atoms with Gasteiger partial charge in [-0.05, 0) is 26.7 Å². The molecule has 3 aromatic heterocycles. The van der Waals surface area contributed by atoms with E-state index in [2.05, 4.69) is 35.7 Å². The molecular formula is C19H21F4N7O3. The summed E-state index contributed by atoms with van der Waals surface area (Å²) in [6.07, 6.45) is -4.34. The van der Waals surface area contributed by atoms with Gasteiger partial charge in [0.2, 0.25) is 5.88 Å². The molecule has 0 aromatic carbocycles. The zero-order valence-corrected chi connectivity index (χ0v) is 17.6. The molecule has 0 bridgehead atoms. The lowest BCUT2D eigenvalue weighted by Gasteiger charge is -2.18. The van der Waals surface area contributed by atoms with Crippen molar-refractivity contribution < 1.29 is 31.8 Å². The van der Waals surface area contributed by atoms with Gasteiger partial charge in [0.15, 0.2) is 11.6 Å². The molecule has 1 aliphatic rings. The number of aromatic amines is 1. The van der Waals surface area contributed by atoms with Gasteiger partial charge in [-0.2, -0.15) is 5.10 Å². The highest BCUT2D eigenvalue weighted by atomic mass is 19.4. The fourth-order valence-electron chi connectivity index (χ4n) is 3.66. The lowest BCUT2D eigenvalue weighted by molar-refractivity contribution is -0.276. The lowest BCUT2D eigenvalue weighted by Crippen LogP contribution is -2.36. The summed E-state index contributed by atoms with van der Waals surface area (Å²) in [6.45, 7) is 3.54. The van der Waals surface area contributed by atoms with E-state index < -0.39 is 36.5 Å². The minimum absolute atomic E-state index is 0.126. The quantitative estimate of drug-likeness (QED) is 0.468. The number of anilines is 2. The van der Waals surface area contributed by atoms with Crippen molar-refractivity contribution in [1.29, 1.82) is 0 Å². The number of carbonyl (C=O) groups is 1. The Morgan fingerprint density at radius 3 is 2.82 bits per heavy atom. The topological polar surface area (TPSA) is 118 Å². The molecule has 0 radical (unpaired) electrons. The van der Waals surface area contributed by atoms with Crippen LogP contribution in [0.2, 0.25) is 0 Å². The molecule has 0 spiro atoms. The summed E-state index contributed by atoms with van der Waals surface area (Å²) in [7, 11) is 0. The van der Waals surface area contributed by atoms with Crippen molar-refractivity contribution in [3.63, 3.8) is 0 Å². The lowest BCUT2D eigenvalue weighted by atomic mass is 10.0. The molecule has 1 aliphatic carbocycles. The van der Waals surface area contributed by atoms with Crippen LogP contribution in [0.25, 0.3) is 5.52 Å². The molecule has 178 valence electrons. The number of carbonyl (C=O) groups excluding carboxylic acids is 1. The smallest absolute Gasteiger partial charge is 0.443 e. The van der Waals surface area contributed by atoms with Crippen molar-refractivity contribution in [2.75, 3.05) is 5.32 Å². The SMILES string of the molecule is CC(C)NC(=O)O[C@@H]1CC[C@H](c2cc(Nc3nccn4nc(OC(F)(F)F)cc34)n[nH]2)[C@H]1F. The maximum absolute atomic E-state index is 14.9. The van der Waals surface area contributed by atoms with E-state index in [9.17, 15) is 22.4 Å². The number of hydrogen-bond acceptors (Lipinski definition) is 7. The summed E-state index contributed by atoms with van der Waals surface area (Å²) in [5, 5.41) is 16.0. The summed E-state index contributed by atoms with van der Waals surface area (Å²) < 4.78 is 62.5. The molecule has 4 rings (SSSR count). The van der Waals surface area contributed by atoms with Crippen LogP contribution >= 0.6 is 0 Å². The molecule has 0 aliphatic heterocycles. The van der Waals surface area contributed by atoms with Crippen molar-refractivity contribution in [1.82, 2.24) is 30.1 Å². The predicted octanol–water partition coefficient (Wildman–Crippen LogP) is 3.81. The molecular weight excluding hydrogens is 450 g/mol. The number of amides is 1. The van der Waals surface area contributed by atoms with Gasteiger partial charge in [0.25, 0.3) is 0 Å². The second-order valence-corrected chi connectivity index (χ2v) is 7.84. The van der Waals surface area contributed by atoms with Gasteiger partial charge < -0.3 is 20.1 Å². The molecule has 10 nitrogen and oxygen atoms in total. The van der Waals surface area contributed by atoms with Crippen molar-refractivity contribution in [3.05, 3.63) is 30.2 Å². The number of halogens is 4. The Labute approximate surface area is 184 Å². The minimum Gasteiger partial charge on any atom is -0.443 e. The van der Waals surface area contributed by atoms with Crippen LogP contribution in [-0.4, -0.2) is 55.6 Å². The van der Waals surface area contributed by atoms with Crippen LogP contribution in [0.4, 0.5) is 34.0 Å². The van der Waals surface area contributed by atoms with Gasteiger partial charge >= 0.3 is 12.5 Å². The van der Waals surface area contributed by atoms with E-state index in [0.29, 0.717) is 18.5 Å². The third-order valence-corrected chi connectivity index (χ3v) is 5.00. The molecule has 14 heteroatoms. The third kappa shape index (κ3) is 5.26. The van der Waals surface area contributed by atoms with E-state index in [4.69, 9.17) is 4.74 Å². The molecule has 1 amide bonds. The van der Waals surface area contributed by atoms with Crippen molar-refractivity contribution >= 4 is 23.2 Å². The molecule has 0 unspecified atom stereocenters. The monoisotopic (exact) mass is 471 g/mol. The van der Waals surface area contributed by atoms with Crippen molar-refractivity contribution in [3.8, 4) is 5.88 Å². The van der Waals surface area contributed by atoms with Crippen LogP contribution in [0.5, 0.6) is 5.88 Å². The van der Waals surface area contributed by atoms with E-state index in [1.165, 1.54) is 16.9 Å². The Morgan fingerprint density at radius 2 is 2.09 bits per heavy atom. The number of aromatic nitrogens is 5. The first-order chi connectivity index (χ1) is 15.6.